The van der Waals surface area contributed by atoms with Crippen molar-refractivity contribution in [1.82, 2.24) is 0 Å². The highest BCUT2D eigenvalue weighted by Crippen LogP contribution is 2.24. The van der Waals surface area contributed by atoms with Gasteiger partial charge in [0.1, 0.15) is 35.3 Å². The van der Waals surface area contributed by atoms with Crippen LogP contribution in [-0.2, 0) is 0 Å². The smallest absolute Gasteiger partial charge is 0.134 e. The highest BCUT2D eigenvalue weighted by atomic mass is 16.5. The van der Waals surface area contributed by atoms with Crippen LogP contribution < -0.4 is 9.47 Å². The van der Waals surface area contributed by atoms with Crippen LogP contribution in [0.4, 0.5) is 0 Å². The van der Waals surface area contributed by atoms with E-state index < -0.39 is 0 Å². The highest BCUT2D eigenvalue weighted by molar-refractivity contribution is 6.03. The van der Waals surface area contributed by atoms with E-state index in [1.807, 2.05) is 0 Å². The molecular formula is C15H15NO5. The lowest BCUT2D eigenvalue weighted by Crippen LogP contribution is -2.13. The van der Waals surface area contributed by atoms with Gasteiger partial charge in [-0.25, -0.2) is 0 Å². The Morgan fingerprint density at radius 1 is 1.05 bits per heavy atom. The second-order valence-electron chi connectivity index (χ2n) is 4.21. The van der Waals surface area contributed by atoms with Gasteiger partial charge >= 0.3 is 0 Å². The van der Waals surface area contributed by atoms with E-state index in [1.54, 1.807) is 31.4 Å². The molecule has 0 aliphatic carbocycles. The van der Waals surface area contributed by atoms with Gasteiger partial charge in [-0.05, 0) is 36.4 Å². The second-order valence-corrected chi connectivity index (χ2v) is 4.21. The predicted molar refractivity (Wildman–Crippen MR) is 76.6 cm³/mol. The van der Waals surface area contributed by atoms with Crippen molar-refractivity contribution in [1.29, 1.82) is 0 Å². The maximum atomic E-state index is 9.73. The fraction of sp³-hybridized carbons (Fsp3) is 0.133. The fourth-order valence-corrected chi connectivity index (χ4v) is 1.75. The van der Waals surface area contributed by atoms with Crippen LogP contribution in [0.25, 0.3) is 0 Å². The van der Waals surface area contributed by atoms with Crippen LogP contribution in [-0.4, -0.2) is 34.8 Å². The van der Waals surface area contributed by atoms with Crippen LogP contribution in [0.2, 0.25) is 0 Å². The Morgan fingerprint density at radius 3 is 2.29 bits per heavy atom. The molecule has 0 atom stereocenters. The summed E-state index contributed by atoms with van der Waals surface area (Å²) in [5.74, 6) is 0.996. The van der Waals surface area contributed by atoms with Crippen LogP contribution in [0.15, 0.2) is 47.6 Å². The third-order valence-electron chi connectivity index (χ3n) is 2.85. The normalized spacial score (nSPS) is 11.2. The quantitative estimate of drug-likeness (QED) is 0.446. The summed E-state index contributed by atoms with van der Waals surface area (Å²) in [4.78, 5) is 0. The first-order valence-corrected chi connectivity index (χ1v) is 6.14. The maximum Gasteiger partial charge on any atom is 0.134 e. The summed E-state index contributed by atoms with van der Waals surface area (Å²) >= 11 is 0. The van der Waals surface area contributed by atoms with Crippen molar-refractivity contribution in [2.75, 3.05) is 13.7 Å². The molecule has 0 saturated carbocycles. The Kier molecular flexibility index (Phi) is 4.50. The first kappa shape index (κ1) is 14.5. The molecule has 0 unspecified atom stereocenters. The van der Waals surface area contributed by atoms with Gasteiger partial charge < -0.3 is 24.9 Å². The predicted octanol–water partition coefficient (Wildman–Crippen LogP) is 2.36. The summed E-state index contributed by atoms with van der Waals surface area (Å²) < 4.78 is 10.5. The fourth-order valence-electron chi connectivity index (χ4n) is 1.75. The third-order valence-corrected chi connectivity index (χ3v) is 2.85. The number of ether oxygens (including phenoxy) is 2. The van der Waals surface area contributed by atoms with E-state index in [0.717, 1.165) is 6.07 Å². The molecule has 0 aliphatic rings. The van der Waals surface area contributed by atoms with Gasteiger partial charge in [-0.1, -0.05) is 5.16 Å². The van der Waals surface area contributed by atoms with Gasteiger partial charge in [-0.2, -0.15) is 0 Å². The van der Waals surface area contributed by atoms with Gasteiger partial charge in [0.05, 0.1) is 7.11 Å². The lowest BCUT2D eigenvalue weighted by atomic mass is 10.1. The van der Waals surface area contributed by atoms with Crippen LogP contribution in [0.5, 0.6) is 23.0 Å². The molecule has 0 saturated heterocycles. The number of nitrogens with zero attached hydrogens (tertiary/aromatic N) is 1. The summed E-state index contributed by atoms with van der Waals surface area (Å²) in [6.45, 7) is -0.0405. The monoisotopic (exact) mass is 289 g/mol. The van der Waals surface area contributed by atoms with E-state index in [0.29, 0.717) is 11.5 Å². The molecule has 0 aromatic heterocycles. The molecule has 0 radical (unpaired) electrons. The zero-order valence-electron chi connectivity index (χ0n) is 11.4. The SMILES string of the molecule is COc1ccc(OC/C(=N/O)c2ccc(O)cc2O)cc1. The first-order valence-electron chi connectivity index (χ1n) is 6.14. The Labute approximate surface area is 121 Å². The molecule has 6 nitrogen and oxygen atoms in total. The van der Waals surface area contributed by atoms with Crippen LogP contribution in [0.1, 0.15) is 5.56 Å². The molecule has 2 rings (SSSR count). The average Bonchev–Trinajstić information content (AvgIpc) is 2.50. The molecule has 2 aromatic carbocycles. The van der Waals surface area contributed by atoms with E-state index in [9.17, 15) is 10.2 Å². The van der Waals surface area contributed by atoms with Gasteiger partial charge in [0.15, 0.2) is 0 Å². The van der Waals surface area contributed by atoms with Crippen LogP contribution >= 0.6 is 0 Å². The minimum atomic E-state index is -0.193. The zero-order chi connectivity index (χ0) is 15.2. The van der Waals surface area contributed by atoms with E-state index in [2.05, 4.69) is 5.16 Å². The van der Waals surface area contributed by atoms with Crippen LogP contribution in [0.3, 0.4) is 0 Å². The van der Waals surface area contributed by atoms with Crippen LogP contribution in [0, 0.1) is 0 Å². The number of hydrogen-bond acceptors (Lipinski definition) is 6. The number of methoxy groups -OCH3 is 1. The minimum absolute atomic E-state index is 0.0405. The first-order chi connectivity index (χ1) is 10.1. The molecule has 3 N–H and O–H groups in total. The van der Waals surface area contributed by atoms with Gasteiger partial charge in [0, 0.05) is 11.6 Å². The molecule has 0 aliphatic heterocycles. The summed E-state index contributed by atoms with van der Waals surface area (Å²) in [6.07, 6.45) is 0. The molecule has 2 aromatic rings. The van der Waals surface area contributed by atoms with Crippen molar-refractivity contribution < 1.29 is 24.9 Å². The topological polar surface area (TPSA) is 91.5 Å². The van der Waals surface area contributed by atoms with E-state index in [-0.39, 0.29) is 29.4 Å². The maximum absolute atomic E-state index is 9.73. The summed E-state index contributed by atoms with van der Waals surface area (Å²) in [5, 5.41) is 31.1. The molecule has 0 spiro atoms. The molecular weight excluding hydrogens is 274 g/mol. The summed E-state index contributed by atoms with van der Waals surface area (Å²) in [5.41, 5.74) is 0.423. The van der Waals surface area contributed by atoms with Gasteiger partial charge in [0.25, 0.3) is 0 Å². The highest BCUT2D eigenvalue weighted by Gasteiger charge is 2.11. The van der Waals surface area contributed by atoms with Crippen molar-refractivity contribution in [3.63, 3.8) is 0 Å². The van der Waals surface area contributed by atoms with E-state index in [1.165, 1.54) is 12.1 Å². The minimum Gasteiger partial charge on any atom is -0.508 e. The zero-order valence-corrected chi connectivity index (χ0v) is 11.4. The van der Waals surface area contributed by atoms with Gasteiger partial charge in [-0.15, -0.1) is 0 Å². The molecule has 0 amide bonds. The van der Waals surface area contributed by atoms with Gasteiger partial charge in [-0.3, -0.25) is 0 Å². The van der Waals surface area contributed by atoms with Crippen molar-refractivity contribution in [3.05, 3.63) is 48.0 Å². The van der Waals surface area contributed by atoms with Crippen molar-refractivity contribution in [3.8, 4) is 23.0 Å². The molecule has 0 heterocycles. The molecule has 6 heteroatoms. The molecule has 21 heavy (non-hydrogen) atoms. The second kappa shape index (κ2) is 6.51. The Morgan fingerprint density at radius 2 is 1.71 bits per heavy atom. The van der Waals surface area contributed by atoms with Crippen molar-refractivity contribution >= 4 is 5.71 Å². The van der Waals surface area contributed by atoms with E-state index >= 15 is 0 Å². The molecule has 0 bridgehead atoms. The average molecular weight is 289 g/mol. The lowest BCUT2D eigenvalue weighted by Gasteiger charge is -2.10. The number of phenols is 2. The number of oxime groups is 1. The number of aromatic hydroxyl groups is 2. The standard InChI is InChI=1S/C15H15NO5/c1-20-11-3-5-12(6-4-11)21-9-14(16-19)13-7-2-10(17)8-15(13)18/h2-8,17-19H,9H2,1H3/b16-14-. The Bertz CT molecular complexity index is 637. The number of benzene rings is 2. The summed E-state index contributed by atoms with van der Waals surface area (Å²) in [7, 11) is 1.57. The van der Waals surface area contributed by atoms with Gasteiger partial charge in [0.2, 0.25) is 0 Å². The number of hydrogen-bond donors (Lipinski definition) is 3. The molecule has 0 fully saturated rings. The van der Waals surface area contributed by atoms with Crippen molar-refractivity contribution in [2.45, 2.75) is 0 Å². The lowest BCUT2D eigenvalue weighted by molar-refractivity contribution is 0.307. The molecule has 110 valence electrons. The van der Waals surface area contributed by atoms with Crippen molar-refractivity contribution in [2.24, 2.45) is 5.16 Å². The summed E-state index contributed by atoms with van der Waals surface area (Å²) in [6, 6.07) is 10.9. The largest absolute Gasteiger partial charge is 0.508 e. The Balaban J connectivity index is 2.09. The number of phenolic OH excluding ortho intramolecular Hbond substituents is 2. The number of rotatable bonds is 5. The van der Waals surface area contributed by atoms with E-state index in [4.69, 9.17) is 14.7 Å². The third kappa shape index (κ3) is 3.56. The Hall–Kier alpha value is -2.89.